The van der Waals surface area contributed by atoms with Gasteiger partial charge in [0.05, 0.1) is 6.54 Å². The maximum atomic E-state index is 11.6. The van der Waals surface area contributed by atoms with Crippen molar-refractivity contribution in [3.63, 3.8) is 0 Å². The van der Waals surface area contributed by atoms with Crippen molar-refractivity contribution >= 4 is 12.1 Å². The highest BCUT2D eigenvalue weighted by Gasteiger charge is 2.42. The number of carboxylic acid groups (broad SMARTS) is 1. The number of hydrogen-bond acceptors (Lipinski definition) is 4. The van der Waals surface area contributed by atoms with Crippen LogP contribution in [0.5, 0.6) is 0 Å². The number of cyclic esters (lactones) is 1. The summed E-state index contributed by atoms with van der Waals surface area (Å²) in [7, 11) is 0. The number of carbonyl (C=O) groups excluding carboxylic acids is 1. The van der Waals surface area contributed by atoms with Gasteiger partial charge in [-0.05, 0) is 20.3 Å². The lowest BCUT2D eigenvalue weighted by atomic mass is 10.2. The number of hydrogen-bond donors (Lipinski definition) is 1. The average Bonchev–Trinajstić information content (AvgIpc) is 2.83. The number of amides is 1. The molecule has 17 heavy (non-hydrogen) atoms. The maximum absolute atomic E-state index is 11.6. The standard InChI is InChI=1S/C11H18N2O4/c1-7(2)12-4-3-8(5-12)13-6-9(10(14)15)17-11(13)16/h7-9H,3-6H2,1-2H3,(H,14,15)/t8?,9-/m1/s1. The molecule has 1 amide bonds. The Hall–Kier alpha value is -1.30. The van der Waals surface area contributed by atoms with Crippen molar-refractivity contribution < 1.29 is 19.4 Å². The molecule has 2 aliphatic heterocycles. The van der Waals surface area contributed by atoms with Crippen LogP contribution in [0.3, 0.4) is 0 Å². The van der Waals surface area contributed by atoms with E-state index in [1.807, 2.05) is 0 Å². The van der Waals surface area contributed by atoms with E-state index in [0.29, 0.717) is 6.04 Å². The van der Waals surface area contributed by atoms with E-state index in [2.05, 4.69) is 18.7 Å². The van der Waals surface area contributed by atoms with E-state index in [-0.39, 0.29) is 12.6 Å². The summed E-state index contributed by atoms with van der Waals surface area (Å²) in [6, 6.07) is 0.545. The molecular weight excluding hydrogens is 224 g/mol. The monoisotopic (exact) mass is 242 g/mol. The first kappa shape index (κ1) is 12.2. The van der Waals surface area contributed by atoms with Crippen molar-refractivity contribution in [3.8, 4) is 0 Å². The predicted octanol–water partition coefficient (Wildman–Crippen LogP) is 0.375. The lowest BCUT2D eigenvalue weighted by Gasteiger charge is -2.23. The minimum absolute atomic E-state index is 0.0919. The molecule has 1 unspecified atom stereocenters. The molecule has 0 radical (unpaired) electrons. The number of ether oxygens (including phenoxy) is 1. The first-order chi connectivity index (χ1) is 7.99. The van der Waals surface area contributed by atoms with Crippen LogP contribution >= 0.6 is 0 Å². The van der Waals surface area contributed by atoms with Crippen LogP contribution in [0.4, 0.5) is 4.79 Å². The van der Waals surface area contributed by atoms with Crippen molar-refractivity contribution in [2.45, 2.75) is 38.5 Å². The molecule has 6 nitrogen and oxygen atoms in total. The summed E-state index contributed by atoms with van der Waals surface area (Å²) in [6.45, 7) is 6.16. The molecule has 2 rings (SSSR count). The van der Waals surface area contributed by atoms with Gasteiger partial charge in [-0.2, -0.15) is 0 Å². The Morgan fingerprint density at radius 3 is 2.65 bits per heavy atom. The van der Waals surface area contributed by atoms with Gasteiger partial charge < -0.3 is 9.84 Å². The Morgan fingerprint density at radius 2 is 2.18 bits per heavy atom. The Kier molecular flexibility index (Phi) is 3.24. The highest BCUT2D eigenvalue weighted by Crippen LogP contribution is 2.23. The summed E-state index contributed by atoms with van der Waals surface area (Å²) in [5, 5.41) is 8.82. The van der Waals surface area contributed by atoms with Crippen LogP contribution in [0.15, 0.2) is 0 Å². The Labute approximate surface area is 100 Å². The van der Waals surface area contributed by atoms with Gasteiger partial charge in [0.25, 0.3) is 0 Å². The van der Waals surface area contributed by atoms with Gasteiger partial charge in [0, 0.05) is 25.2 Å². The molecule has 0 aromatic carbocycles. The van der Waals surface area contributed by atoms with E-state index in [9.17, 15) is 9.59 Å². The summed E-state index contributed by atoms with van der Waals surface area (Å²) in [5.74, 6) is -1.07. The van der Waals surface area contributed by atoms with E-state index in [0.717, 1.165) is 19.5 Å². The molecule has 2 heterocycles. The summed E-state index contributed by atoms with van der Waals surface area (Å²) >= 11 is 0. The SMILES string of the molecule is CC(C)N1CCC(N2C[C@H](C(=O)O)OC2=O)C1. The second-order valence-electron chi connectivity index (χ2n) is 4.89. The maximum Gasteiger partial charge on any atom is 0.411 e. The van der Waals surface area contributed by atoms with Crippen LogP contribution in [0, 0.1) is 0 Å². The van der Waals surface area contributed by atoms with E-state index in [1.165, 1.54) is 0 Å². The molecule has 96 valence electrons. The van der Waals surface area contributed by atoms with Gasteiger partial charge in [-0.3, -0.25) is 9.80 Å². The lowest BCUT2D eigenvalue weighted by molar-refractivity contribution is -0.144. The van der Waals surface area contributed by atoms with Crippen molar-refractivity contribution in [2.75, 3.05) is 19.6 Å². The van der Waals surface area contributed by atoms with Gasteiger partial charge in [-0.25, -0.2) is 9.59 Å². The molecule has 2 fully saturated rings. The van der Waals surface area contributed by atoms with Gasteiger partial charge in [0.15, 0.2) is 0 Å². The van der Waals surface area contributed by atoms with Gasteiger partial charge in [0.2, 0.25) is 6.10 Å². The fourth-order valence-electron chi connectivity index (χ4n) is 2.40. The normalized spacial score (nSPS) is 30.1. The second kappa shape index (κ2) is 4.52. The molecule has 0 aromatic heterocycles. The van der Waals surface area contributed by atoms with Gasteiger partial charge in [-0.1, -0.05) is 0 Å². The zero-order valence-electron chi connectivity index (χ0n) is 10.1. The van der Waals surface area contributed by atoms with Crippen molar-refractivity contribution in [3.05, 3.63) is 0 Å². The summed E-state index contributed by atoms with van der Waals surface area (Å²) in [5.41, 5.74) is 0. The number of aliphatic carboxylic acids is 1. The number of likely N-dealkylation sites (tertiary alicyclic amines) is 1. The van der Waals surface area contributed by atoms with E-state index < -0.39 is 18.2 Å². The highest BCUT2D eigenvalue weighted by molar-refractivity contribution is 5.81. The largest absolute Gasteiger partial charge is 0.478 e. The van der Waals surface area contributed by atoms with E-state index >= 15 is 0 Å². The molecule has 1 N–H and O–H groups in total. The second-order valence-corrected chi connectivity index (χ2v) is 4.89. The highest BCUT2D eigenvalue weighted by atomic mass is 16.6. The molecule has 6 heteroatoms. The van der Waals surface area contributed by atoms with Crippen LogP contribution in [0.1, 0.15) is 20.3 Å². The third-order valence-electron chi connectivity index (χ3n) is 3.48. The smallest absolute Gasteiger partial charge is 0.411 e. The Bertz CT molecular complexity index is 331. The molecule has 2 atom stereocenters. The van der Waals surface area contributed by atoms with Crippen LogP contribution < -0.4 is 0 Å². The van der Waals surface area contributed by atoms with Gasteiger partial charge in [0.1, 0.15) is 0 Å². The first-order valence-electron chi connectivity index (χ1n) is 5.93. The molecule has 0 aliphatic carbocycles. The van der Waals surface area contributed by atoms with Crippen LogP contribution in [0.2, 0.25) is 0 Å². The van der Waals surface area contributed by atoms with Gasteiger partial charge in [-0.15, -0.1) is 0 Å². The first-order valence-corrected chi connectivity index (χ1v) is 5.93. The van der Waals surface area contributed by atoms with Crippen molar-refractivity contribution in [2.24, 2.45) is 0 Å². The Morgan fingerprint density at radius 1 is 1.47 bits per heavy atom. The molecule has 0 aromatic rings. The third-order valence-corrected chi connectivity index (χ3v) is 3.48. The quantitative estimate of drug-likeness (QED) is 0.774. The molecule has 0 saturated carbocycles. The minimum Gasteiger partial charge on any atom is -0.478 e. The fraction of sp³-hybridized carbons (Fsp3) is 0.818. The number of carbonyl (C=O) groups is 2. The number of nitrogens with zero attached hydrogens (tertiary/aromatic N) is 2. The third kappa shape index (κ3) is 2.36. The fourth-order valence-corrected chi connectivity index (χ4v) is 2.40. The van der Waals surface area contributed by atoms with Crippen molar-refractivity contribution in [1.82, 2.24) is 9.80 Å². The molecule has 0 bridgehead atoms. The number of rotatable bonds is 3. The van der Waals surface area contributed by atoms with E-state index in [4.69, 9.17) is 9.84 Å². The zero-order valence-corrected chi connectivity index (χ0v) is 10.1. The van der Waals surface area contributed by atoms with Crippen LogP contribution in [0.25, 0.3) is 0 Å². The zero-order chi connectivity index (χ0) is 12.6. The summed E-state index contributed by atoms with van der Waals surface area (Å²) in [6.07, 6.45) is -0.608. The van der Waals surface area contributed by atoms with Crippen LogP contribution in [-0.4, -0.2) is 64.8 Å². The minimum atomic E-state index is -1.07. The predicted molar refractivity (Wildman–Crippen MR) is 59.7 cm³/mol. The summed E-state index contributed by atoms with van der Waals surface area (Å²) < 4.78 is 4.81. The van der Waals surface area contributed by atoms with Crippen LogP contribution in [-0.2, 0) is 9.53 Å². The molecular formula is C11H18N2O4. The van der Waals surface area contributed by atoms with Crippen molar-refractivity contribution in [1.29, 1.82) is 0 Å². The molecule has 2 saturated heterocycles. The summed E-state index contributed by atoms with van der Waals surface area (Å²) in [4.78, 5) is 26.2. The van der Waals surface area contributed by atoms with Gasteiger partial charge >= 0.3 is 12.1 Å². The topological polar surface area (TPSA) is 70.1 Å². The molecule has 0 spiro atoms. The molecule has 2 aliphatic rings. The number of carboxylic acids is 1. The average molecular weight is 242 g/mol. The lowest BCUT2D eigenvalue weighted by Crippen LogP contribution is -2.40. The Balaban J connectivity index is 1.96. The van der Waals surface area contributed by atoms with E-state index in [1.54, 1.807) is 4.90 Å².